The SMILES string of the molecule is CC#CC(=O)N1C2CC(=O)CC1CN(c1nc(=O)n3c4c(c(-c5ccc(F)cc5F)c(C)cc14)SCC3)C2. The van der Waals surface area contributed by atoms with Crippen LogP contribution in [0.5, 0.6) is 0 Å². The van der Waals surface area contributed by atoms with Crippen LogP contribution in [0.25, 0.3) is 22.0 Å². The van der Waals surface area contributed by atoms with Crippen molar-refractivity contribution in [3.8, 4) is 23.0 Å². The molecule has 7 nitrogen and oxygen atoms in total. The lowest BCUT2D eigenvalue weighted by molar-refractivity contribution is -0.138. The molecule has 0 aliphatic carbocycles. The second-order valence-electron chi connectivity index (χ2n) is 9.88. The molecule has 0 radical (unpaired) electrons. The van der Waals surface area contributed by atoms with Crippen LogP contribution < -0.4 is 10.6 Å². The number of aromatic nitrogens is 2. The maximum absolute atomic E-state index is 14.9. The molecule has 194 valence electrons. The number of ketones is 1. The zero-order valence-electron chi connectivity index (χ0n) is 20.9. The van der Waals surface area contributed by atoms with Gasteiger partial charge >= 0.3 is 5.69 Å². The molecular weight excluding hydrogens is 510 g/mol. The summed E-state index contributed by atoms with van der Waals surface area (Å²) in [6.07, 6.45) is 0.459. The number of carbonyl (C=O) groups is 2. The van der Waals surface area contributed by atoms with Gasteiger partial charge in [-0.2, -0.15) is 4.98 Å². The minimum atomic E-state index is -0.661. The van der Waals surface area contributed by atoms with Crippen LogP contribution in [0.4, 0.5) is 14.6 Å². The summed E-state index contributed by atoms with van der Waals surface area (Å²) in [5, 5.41) is 0.757. The molecule has 0 spiro atoms. The van der Waals surface area contributed by atoms with Gasteiger partial charge in [0.05, 0.1) is 17.6 Å². The highest BCUT2D eigenvalue weighted by Crippen LogP contribution is 2.44. The van der Waals surface area contributed by atoms with Crippen LogP contribution in [0, 0.1) is 30.4 Å². The molecule has 2 aromatic carbocycles. The van der Waals surface area contributed by atoms with E-state index < -0.39 is 17.3 Å². The van der Waals surface area contributed by atoms with Crippen molar-refractivity contribution in [2.24, 2.45) is 0 Å². The Morgan fingerprint density at radius 1 is 1.13 bits per heavy atom. The van der Waals surface area contributed by atoms with Crippen LogP contribution in [0.2, 0.25) is 0 Å². The highest BCUT2D eigenvalue weighted by Gasteiger charge is 2.43. The highest BCUT2D eigenvalue weighted by atomic mass is 32.2. The van der Waals surface area contributed by atoms with E-state index in [9.17, 15) is 23.2 Å². The lowest BCUT2D eigenvalue weighted by atomic mass is 9.89. The molecule has 6 rings (SSSR count). The molecule has 1 aromatic heterocycles. The standard InChI is InChI=1S/C28H24F2N4O3S/c1-3-4-23(36)34-17-11-19(35)12-18(34)14-32(13-17)27-21-9-15(2)24(20-6-5-16(29)10-22(20)30)26-25(21)33(7-8-38-26)28(37)31-27/h5-6,9-10,17-18H,7-8,11-14H2,1-2H3. The van der Waals surface area contributed by atoms with Gasteiger partial charge in [0, 0.05) is 65.7 Å². The summed E-state index contributed by atoms with van der Waals surface area (Å²) in [7, 11) is 0. The molecule has 2 saturated heterocycles. The number of hydrogen-bond donors (Lipinski definition) is 0. The fourth-order valence-corrected chi connectivity index (χ4v) is 7.30. The van der Waals surface area contributed by atoms with Crippen molar-refractivity contribution in [2.45, 2.75) is 50.2 Å². The van der Waals surface area contributed by atoms with Gasteiger partial charge in [0.2, 0.25) is 0 Å². The van der Waals surface area contributed by atoms with Gasteiger partial charge in [0.15, 0.2) is 0 Å². The summed E-state index contributed by atoms with van der Waals surface area (Å²) in [6, 6.07) is 4.71. The second kappa shape index (κ2) is 9.24. The van der Waals surface area contributed by atoms with E-state index in [-0.39, 0.29) is 42.2 Å². The zero-order valence-corrected chi connectivity index (χ0v) is 21.7. The molecule has 2 fully saturated rings. The smallest absolute Gasteiger partial charge is 0.350 e. The monoisotopic (exact) mass is 534 g/mol. The first-order valence-corrected chi connectivity index (χ1v) is 13.4. The predicted molar refractivity (Wildman–Crippen MR) is 141 cm³/mol. The van der Waals surface area contributed by atoms with Gasteiger partial charge in [-0.05, 0) is 43.5 Å². The molecule has 38 heavy (non-hydrogen) atoms. The van der Waals surface area contributed by atoms with Crippen molar-refractivity contribution in [3.63, 3.8) is 0 Å². The Labute approximate surface area is 221 Å². The molecule has 3 aromatic rings. The second-order valence-corrected chi connectivity index (χ2v) is 11.0. The number of piperidine rings is 1. The molecule has 0 saturated carbocycles. The van der Waals surface area contributed by atoms with E-state index in [2.05, 4.69) is 16.8 Å². The average molecular weight is 535 g/mol. The minimum absolute atomic E-state index is 0.108. The molecule has 3 aliphatic rings. The van der Waals surface area contributed by atoms with Gasteiger partial charge in [0.25, 0.3) is 5.91 Å². The number of thioether (sulfide) groups is 1. The lowest BCUT2D eigenvalue weighted by Gasteiger charge is -2.49. The normalized spacial score (nSPS) is 20.4. The van der Waals surface area contributed by atoms with Crippen LogP contribution >= 0.6 is 11.8 Å². The Kier molecular flexibility index (Phi) is 5.99. The van der Waals surface area contributed by atoms with Gasteiger partial charge in [0.1, 0.15) is 23.2 Å². The van der Waals surface area contributed by atoms with Crippen LogP contribution in [0.3, 0.4) is 0 Å². The highest BCUT2D eigenvalue weighted by molar-refractivity contribution is 7.99. The number of fused-ring (bicyclic) bond motifs is 2. The number of rotatable bonds is 2. The number of piperazine rings is 1. The molecule has 1 amide bonds. The molecule has 3 aliphatic heterocycles. The first kappa shape index (κ1) is 24.6. The summed E-state index contributed by atoms with van der Waals surface area (Å²) in [5.74, 6) is 4.87. The summed E-state index contributed by atoms with van der Waals surface area (Å²) in [6.45, 7) is 4.64. The molecule has 4 heterocycles. The van der Waals surface area contributed by atoms with E-state index in [0.717, 1.165) is 21.9 Å². The Morgan fingerprint density at radius 3 is 2.55 bits per heavy atom. The number of benzene rings is 2. The average Bonchev–Trinajstić information content (AvgIpc) is 2.86. The summed E-state index contributed by atoms with van der Waals surface area (Å²) >= 11 is 1.54. The summed E-state index contributed by atoms with van der Waals surface area (Å²) < 4.78 is 30.2. The Morgan fingerprint density at radius 2 is 1.87 bits per heavy atom. The van der Waals surface area contributed by atoms with E-state index in [4.69, 9.17) is 0 Å². The van der Waals surface area contributed by atoms with Crippen LogP contribution in [0.1, 0.15) is 25.3 Å². The van der Waals surface area contributed by atoms with Crippen LogP contribution in [0.15, 0.2) is 34.0 Å². The number of amides is 1. The third-order valence-electron chi connectivity index (χ3n) is 7.50. The fourth-order valence-electron chi connectivity index (χ4n) is 6.05. The number of Topliss-reactive ketones (excluding diaryl/α,β-unsaturated/α-hetero) is 1. The first-order chi connectivity index (χ1) is 18.3. The Hall–Kier alpha value is -3.71. The maximum atomic E-state index is 14.9. The minimum Gasteiger partial charge on any atom is -0.352 e. The number of anilines is 1. The van der Waals surface area contributed by atoms with Crippen molar-refractivity contribution < 1.29 is 18.4 Å². The fraction of sp³-hybridized carbons (Fsp3) is 0.357. The largest absolute Gasteiger partial charge is 0.352 e. The molecule has 2 bridgehead atoms. The lowest BCUT2D eigenvalue weighted by Crippen LogP contribution is -2.64. The number of nitrogens with zero attached hydrogens (tertiary/aromatic N) is 4. The molecule has 2 unspecified atom stereocenters. The van der Waals surface area contributed by atoms with Gasteiger partial charge in [-0.15, -0.1) is 11.8 Å². The van der Waals surface area contributed by atoms with Crippen molar-refractivity contribution in [2.75, 3.05) is 23.7 Å². The first-order valence-electron chi connectivity index (χ1n) is 12.4. The number of carbonyl (C=O) groups excluding carboxylic acids is 2. The van der Waals surface area contributed by atoms with Gasteiger partial charge in [-0.25, -0.2) is 13.6 Å². The van der Waals surface area contributed by atoms with Crippen molar-refractivity contribution >= 4 is 40.2 Å². The van der Waals surface area contributed by atoms with Gasteiger partial charge < -0.3 is 9.80 Å². The maximum Gasteiger partial charge on any atom is 0.350 e. The van der Waals surface area contributed by atoms with E-state index in [1.807, 2.05) is 17.9 Å². The van der Waals surface area contributed by atoms with Crippen LogP contribution in [-0.4, -0.2) is 57.1 Å². The van der Waals surface area contributed by atoms with Crippen molar-refractivity contribution in [1.29, 1.82) is 0 Å². The van der Waals surface area contributed by atoms with Gasteiger partial charge in [-0.3, -0.25) is 14.2 Å². The third-order valence-corrected chi connectivity index (χ3v) is 8.57. The van der Waals surface area contributed by atoms with E-state index in [1.165, 1.54) is 12.1 Å². The summed E-state index contributed by atoms with van der Waals surface area (Å²) in [5.41, 5.74) is 1.98. The predicted octanol–water partition coefficient (Wildman–Crippen LogP) is 3.53. The van der Waals surface area contributed by atoms with E-state index in [0.29, 0.717) is 42.3 Å². The van der Waals surface area contributed by atoms with Crippen molar-refractivity contribution in [1.82, 2.24) is 14.5 Å². The van der Waals surface area contributed by atoms with E-state index >= 15 is 0 Å². The Bertz CT molecular complexity index is 1640. The number of hydrogen-bond acceptors (Lipinski definition) is 6. The third kappa shape index (κ3) is 3.88. The molecule has 2 atom stereocenters. The Balaban J connectivity index is 1.51. The molecule has 0 N–H and O–H groups in total. The molecular formula is C28H24F2N4O3S. The van der Waals surface area contributed by atoms with Crippen molar-refractivity contribution in [3.05, 3.63) is 51.9 Å². The topological polar surface area (TPSA) is 75.5 Å². The molecule has 10 heteroatoms. The van der Waals surface area contributed by atoms with Crippen LogP contribution in [-0.2, 0) is 16.1 Å². The number of halogens is 2. The summed E-state index contributed by atoms with van der Waals surface area (Å²) in [4.78, 5) is 47.3. The van der Waals surface area contributed by atoms with E-state index in [1.54, 1.807) is 28.2 Å². The number of aryl methyl sites for hydroxylation is 2. The zero-order chi connectivity index (χ0) is 26.7. The van der Waals surface area contributed by atoms with Gasteiger partial charge in [-0.1, -0.05) is 5.92 Å². The quantitative estimate of drug-likeness (QED) is 0.469.